The van der Waals surface area contributed by atoms with E-state index in [0.29, 0.717) is 43.2 Å². The molecular formula is C21H27FN4O4. The molecular weight excluding hydrogens is 391 g/mol. The summed E-state index contributed by atoms with van der Waals surface area (Å²) in [6, 6.07) is 0.408. The molecule has 2 fully saturated rings. The van der Waals surface area contributed by atoms with Gasteiger partial charge in [0.2, 0.25) is 5.95 Å². The molecule has 2 aliphatic rings. The highest BCUT2D eigenvalue weighted by Gasteiger charge is 2.42. The second-order valence-corrected chi connectivity index (χ2v) is 8.55. The van der Waals surface area contributed by atoms with Crippen molar-refractivity contribution in [2.24, 2.45) is 0 Å². The molecule has 3 heterocycles. The smallest absolute Gasteiger partial charge is 0.252 e. The molecule has 30 heavy (non-hydrogen) atoms. The maximum atomic E-state index is 15.2. The van der Waals surface area contributed by atoms with Crippen LogP contribution in [0.15, 0.2) is 10.9 Å². The molecule has 9 heteroatoms. The summed E-state index contributed by atoms with van der Waals surface area (Å²) in [4.78, 5) is 34.3. The molecule has 4 atom stereocenters. The summed E-state index contributed by atoms with van der Waals surface area (Å²) < 4.78 is 21.9. The van der Waals surface area contributed by atoms with E-state index in [4.69, 9.17) is 4.74 Å². The van der Waals surface area contributed by atoms with Gasteiger partial charge in [0.1, 0.15) is 17.0 Å². The van der Waals surface area contributed by atoms with E-state index in [-0.39, 0.29) is 41.3 Å². The van der Waals surface area contributed by atoms with Crippen LogP contribution in [0, 0.1) is 6.92 Å². The summed E-state index contributed by atoms with van der Waals surface area (Å²) in [5, 5.41) is 13.7. The average Bonchev–Trinajstić information content (AvgIpc) is 3.01. The lowest BCUT2D eigenvalue weighted by molar-refractivity contribution is -0.0136. The first-order valence-corrected chi connectivity index (χ1v) is 10.3. The van der Waals surface area contributed by atoms with Crippen LogP contribution in [0.1, 0.15) is 61.6 Å². The molecule has 1 saturated heterocycles. The number of alkyl halides is 1. The molecule has 4 rings (SSSR count). The Morgan fingerprint density at radius 1 is 1.40 bits per heavy atom. The van der Waals surface area contributed by atoms with Gasteiger partial charge in [-0.05, 0) is 45.1 Å². The molecule has 2 N–H and O–H groups in total. The van der Waals surface area contributed by atoms with Crippen molar-refractivity contribution in [3.8, 4) is 0 Å². The van der Waals surface area contributed by atoms with Gasteiger partial charge < -0.3 is 15.2 Å². The minimum absolute atomic E-state index is 0.135. The quantitative estimate of drug-likeness (QED) is 0.734. The molecule has 2 aromatic heterocycles. The zero-order valence-electron chi connectivity index (χ0n) is 17.4. The first kappa shape index (κ1) is 20.9. The summed E-state index contributed by atoms with van der Waals surface area (Å²) in [6.07, 6.45) is 1.35. The first-order valence-electron chi connectivity index (χ1n) is 10.3. The topological polar surface area (TPSA) is 106 Å². The Balaban J connectivity index is 1.92. The number of fused-ring (bicyclic) bond motifs is 1. The number of nitrogens with one attached hydrogen (secondary N) is 1. The fraction of sp³-hybridized carbons (Fsp3) is 0.619. The first-order chi connectivity index (χ1) is 14.2. The van der Waals surface area contributed by atoms with Crippen LogP contribution in [-0.4, -0.2) is 56.5 Å². The molecule has 1 aliphatic heterocycles. The predicted molar refractivity (Wildman–Crippen MR) is 110 cm³/mol. The number of halogens is 1. The molecule has 162 valence electrons. The molecule has 0 bridgehead atoms. The summed E-state index contributed by atoms with van der Waals surface area (Å²) in [5.41, 5.74) is -0.889. The van der Waals surface area contributed by atoms with Gasteiger partial charge in [-0.2, -0.15) is 4.98 Å². The SMILES string of the molecule is CC(=O)c1nc(N[C@@H]2CCOC[C@H]2O)nc2c1c(C)cc(=O)n2[C@H]1CCC[C@@]1(C)F. The molecule has 1 saturated carbocycles. The van der Waals surface area contributed by atoms with E-state index in [9.17, 15) is 14.7 Å². The van der Waals surface area contributed by atoms with E-state index < -0.39 is 17.8 Å². The van der Waals surface area contributed by atoms with Crippen LogP contribution in [0.2, 0.25) is 0 Å². The standard InChI is InChI=1S/C21H27FN4O4/c1-11-9-16(29)26(15-5-4-7-21(15,3)22)19-17(11)18(12(2)27)24-20(25-19)23-13-6-8-30-10-14(13)28/h9,13-15,28H,4-8,10H2,1-3H3,(H,23,24,25)/t13-,14-,15+,21-/m1/s1. The van der Waals surface area contributed by atoms with Gasteiger partial charge in [0.05, 0.1) is 30.2 Å². The number of rotatable bonds is 4. The zero-order valence-corrected chi connectivity index (χ0v) is 17.4. The monoisotopic (exact) mass is 418 g/mol. The van der Waals surface area contributed by atoms with Crippen molar-refractivity contribution in [3.63, 3.8) is 0 Å². The van der Waals surface area contributed by atoms with E-state index in [1.807, 2.05) is 0 Å². The number of aromatic nitrogens is 3. The van der Waals surface area contributed by atoms with Gasteiger partial charge in [0.25, 0.3) is 5.56 Å². The molecule has 1 aliphatic carbocycles. The van der Waals surface area contributed by atoms with Crippen LogP contribution >= 0.6 is 0 Å². The second kappa shape index (κ2) is 7.70. The zero-order chi connectivity index (χ0) is 21.6. The van der Waals surface area contributed by atoms with E-state index in [0.717, 1.165) is 0 Å². The largest absolute Gasteiger partial charge is 0.389 e. The van der Waals surface area contributed by atoms with Crippen molar-refractivity contribution in [1.29, 1.82) is 0 Å². The van der Waals surface area contributed by atoms with E-state index >= 15 is 4.39 Å². The lowest BCUT2D eigenvalue weighted by Gasteiger charge is -2.29. The van der Waals surface area contributed by atoms with Crippen molar-refractivity contribution in [2.75, 3.05) is 18.5 Å². The Kier molecular flexibility index (Phi) is 5.36. The summed E-state index contributed by atoms with van der Waals surface area (Å²) in [6.45, 7) is 5.30. The Hall–Kier alpha value is -2.39. The number of anilines is 1. The number of nitrogens with zero attached hydrogens (tertiary/aromatic N) is 3. The highest BCUT2D eigenvalue weighted by molar-refractivity contribution is 6.05. The minimum Gasteiger partial charge on any atom is -0.389 e. The molecule has 0 radical (unpaired) electrons. The van der Waals surface area contributed by atoms with Crippen LogP contribution in [0.3, 0.4) is 0 Å². The van der Waals surface area contributed by atoms with Crippen LogP contribution < -0.4 is 10.9 Å². The number of hydrogen-bond acceptors (Lipinski definition) is 7. The highest BCUT2D eigenvalue weighted by Crippen LogP contribution is 2.42. The number of carbonyl (C=O) groups excluding carboxylic acids is 1. The van der Waals surface area contributed by atoms with Crippen molar-refractivity contribution in [3.05, 3.63) is 27.7 Å². The van der Waals surface area contributed by atoms with Crippen molar-refractivity contribution >= 4 is 22.8 Å². The Morgan fingerprint density at radius 2 is 2.17 bits per heavy atom. The fourth-order valence-electron chi connectivity index (χ4n) is 4.60. The van der Waals surface area contributed by atoms with Crippen molar-refractivity contribution in [1.82, 2.24) is 14.5 Å². The van der Waals surface area contributed by atoms with Gasteiger partial charge in [-0.3, -0.25) is 14.2 Å². The number of hydrogen-bond donors (Lipinski definition) is 2. The van der Waals surface area contributed by atoms with Crippen LogP contribution in [0.25, 0.3) is 11.0 Å². The average molecular weight is 418 g/mol. The lowest BCUT2D eigenvalue weighted by atomic mass is 10.0. The number of Topliss-reactive ketones (excluding diaryl/α,β-unsaturated/α-hetero) is 1. The molecule has 0 unspecified atom stereocenters. The molecule has 0 aromatic carbocycles. The second-order valence-electron chi connectivity index (χ2n) is 8.55. The van der Waals surface area contributed by atoms with Gasteiger partial charge >= 0.3 is 0 Å². The maximum Gasteiger partial charge on any atom is 0.252 e. The third-order valence-electron chi connectivity index (χ3n) is 6.21. The van der Waals surface area contributed by atoms with E-state index in [1.165, 1.54) is 24.5 Å². The van der Waals surface area contributed by atoms with E-state index in [2.05, 4.69) is 15.3 Å². The fourth-order valence-corrected chi connectivity index (χ4v) is 4.60. The van der Waals surface area contributed by atoms with Crippen LogP contribution in [0.5, 0.6) is 0 Å². The van der Waals surface area contributed by atoms with Crippen molar-refractivity contribution < 1.29 is 19.0 Å². The van der Waals surface area contributed by atoms with Gasteiger partial charge in [-0.1, -0.05) is 0 Å². The van der Waals surface area contributed by atoms with Crippen molar-refractivity contribution in [2.45, 2.75) is 70.3 Å². The maximum absolute atomic E-state index is 15.2. The number of pyridine rings is 1. The molecule has 0 spiro atoms. The third-order valence-corrected chi connectivity index (χ3v) is 6.21. The minimum atomic E-state index is -1.54. The Bertz CT molecular complexity index is 1050. The highest BCUT2D eigenvalue weighted by atomic mass is 19.1. The molecule has 8 nitrogen and oxygen atoms in total. The number of ketones is 1. The number of aliphatic hydroxyl groups is 1. The predicted octanol–water partition coefficient (Wildman–Crippen LogP) is 2.32. The molecule has 0 amide bonds. The number of ether oxygens (including phenoxy) is 1. The van der Waals surface area contributed by atoms with Gasteiger partial charge in [0.15, 0.2) is 5.78 Å². The van der Waals surface area contributed by atoms with E-state index in [1.54, 1.807) is 6.92 Å². The summed E-state index contributed by atoms with van der Waals surface area (Å²) in [7, 11) is 0. The van der Waals surface area contributed by atoms with Gasteiger partial charge in [-0.25, -0.2) is 9.37 Å². The van der Waals surface area contributed by atoms with Gasteiger partial charge in [0, 0.05) is 19.6 Å². The summed E-state index contributed by atoms with van der Waals surface area (Å²) in [5.74, 6) is -0.142. The Labute approximate surface area is 173 Å². The Morgan fingerprint density at radius 3 is 2.80 bits per heavy atom. The lowest BCUT2D eigenvalue weighted by Crippen LogP contribution is -2.42. The van der Waals surface area contributed by atoms with Gasteiger partial charge in [-0.15, -0.1) is 0 Å². The normalized spacial score (nSPS) is 29.3. The summed E-state index contributed by atoms with van der Waals surface area (Å²) >= 11 is 0. The third kappa shape index (κ3) is 3.60. The number of aliphatic hydroxyl groups excluding tert-OH is 1. The number of carbonyl (C=O) groups is 1. The molecule has 2 aromatic rings. The van der Waals surface area contributed by atoms with Crippen LogP contribution in [-0.2, 0) is 4.74 Å². The van der Waals surface area contributed by atoms with Crippen LogP contribution in [0.4, 0.5) is 10.3 Å². The number of aryl methyl sites for hydroxylation is 1.